The van der Waals surface area contributed by atoms with Crippen LogP contribution in [-0.2, 0) is 4.79 Å². The molecule has 3 aromatic rings. The Bertz CT molecular complexity index is 1110. The van der Waals surface area contributed by atoms with Crippen LogP contribution in [0, 0.1) is 0 Å². The first-order valence-electron chi connectivity index (χ1n) is 10.3. The highest BCUT2D eigenvalue weighted by Crippen LogP contribution is 2.37. The molecule has 156 valence electrons. The molecule has 1 fully saturated rings. The Morgan fingerprint density at radius 2 is 1.65 bits per heavy atom. The molecule has 2 amide bonds. The number of hydrogen-bond acceptors (Lipinski definition) is 5. The van der Waals surface area contributed by atoms with Gasteiger partial charge in [-0.3, -0.25) is 14.5 Å². The number of piperazine rings is 1. The number of anilines is 2. The lowest BCUT2D eigenvalue weighted by molar-refractivity contribution is -0.129. The van der Waals surface area contributed by atoms with E-state index in [2.05, 4.69) is 22.0 Å². The molecule has 5 rings (SSSR count). The van der Waals surface area contributed by atoms with Crippen molar-refractivity contribution in [1.82, 2.24) is 9.88 Å². The average molecular weight is 414 g/mol. The molecule has 0 radical (unpaired) electrons. The third-order valence-corrected chi connectivity index (χ3v) is 5.66. The van der Waals surface area contributed by atoms with Crippen LogP contribution >= 0.6 is 0 Å². The van der Waals surface area contributed by atoms with Crippen molar-refractivity contribution >= 4 is 23.2 Å². The summed E-state index contributed by atoms with van der Waals surface area (Å²) < 4.78 is 5.89. The standard InChI is InChI=1S/C24H22N4O3/c29-22(27-15-13-26(14-16-27)18-7-2-1-3-8-18)17-28-20-10-4-5-11-21(20)31-23-19(24(28)30)9-6-12-25-23/h1-12H,13-17H2. The van der Waals surface area contributed by atoms with Crippen LogP contribution in [0.4, 0.5) is 11.4 Å². The van der Waals surface area contributed by atoms with Crippen molar-refractivity contribution < 1.29 is 14.3 Å². The summed E-state index contributed by atoms with van der Waals surface area (Å²) in [6.45, 7) is 2.71. The van der Waals surface area contributed by atoms with Crippen LogP contribution in [0.15, 0.2) is 72.9 Å². The zero-order valence-corrected chi connectivity index (χ0v) is 17.0. The first-order valence-corrected chi connectivity index (χ1v) is 10.3. The van der Waals surface area contributed by atoms with Gasteiger partial charge >= 0.3 is 0 Å². The van der Waals surface area contributed by atoms with Gasteiger partial charge in [-0.25, -0.2) is 4.98 Å². The number of benzene rings is 2. The number of amides is 2. The lowest BCUT2D eigenvalue weighted by Gasteiger charge is -2.37. The van der Waals surface area contributed by atoms with E-state index in [1.54, 1.807) is 30.5 Å². The van der Waals surface area contributed by atoms with Gasteiger partial charge in [0.1, 0.15) is 12.1 Å². The molecule has 0 unspecified atom stereocenters. The molecule has 0 N–H and O–H groups in total. The zero-order valence-electron chi connectivity index (χ0n) is 17.0. The zero-order chi connectivity index (χ0) is 21.2. The Morgan fingerprint density at radius 3 is 2.45 bits per heavy atom. The minimum absolute atomic E-state index is 0.0428. The molecule has 0 aliphatic carbocycles. The van der Waals surface area contributed by atoms with Gasteiger partial charge in [0.15, 0.2) is 5.75 Å². The second-order valence-corrected chi connectivity index (χ2v) is 7.52. The molecule has 0 spiro atoms. The third-order valence-electron chi connectivity index (χ3n) is 5.66. The topological polar surface area (TPSA) is 66.0 Å². The van der Waals surface area contributed by atoms with E-state index >= 15 is 0 Å². The monoisotopic (exact) mass is 414 g/mol. The lowest BCUT2D eigenvalue weighted by Crippen LogP contribution is -2.52. The smallest absolute Gasteiger partial charge is 0.264 e. The van der Waals surface area contributed by atoms with Gasteiger partial charge in [0, 0.05) is 38.1 Å². The largest absolute Gasteiger partial charge is 0.436 e. The summed E-state index contributed by atoms with van der Waals surface area (Å²) in [5, 5.41) is 0. The summed E-state index contributed by atoms with van der Waals surface area (Å²) in [6, 6.07) is 20.8. The molecule has 1 saturated heterocycles. The van der Waals surface area contributed by atoms with Crippen LogP contribution in [0.5, 0.6) is 11.6 Å². The molecule has 0 bridgehead atoms. The van der Waals surface area contributed by atoms with Gasteiger partial charge in [0.25, 0.3) is 5.91 Å². The van der Waals surface area contributed by atoms with Crippen LogP contribution in [-0.4, -0.2) is 54.4 Å². The van der Waals surface area contributed by atoms with Crippen molar-refractivity contribution in [2.45, 2.75) is 0 Å². The number of nitrogens with zero attached hydrogens (tertiary/aromatic N) is 4. The van der Waals surface area contributed by atoms with Crippen LogP contribution in [0.3, 0.4) is 0 Å². The van der Waals surface area contributed by atoms with Gasteiger partial charge in [-0.05, 0) is 36.4 Å². The molecule has 7 heteroatoms. The quantitative estimate of drug-likeness (QED) is 0.659. The highest BCUT2D eigenvalue weighted by molar-refractivity contribution is 6.11. The number of ether oxygens (including phenoxy) is 1. The van der Waals surface area contributed by atoms with Crippen LogP contribution < -0.4 is 14.5 Å². The molecule has 0 saturated carbocycles. The Balaban J connectivity index is 1.34. The van der Waals surface area contributed by atoms with Gasteiger partial charge in [0.2, 0.25) is 11.8 Å². The Kier molecular flexibility index (Phi) is 5.00. The van der Waals surface area contributed by atoms with Crippen LogP contribution in [0.25, 0.3) is 0 Å². The molecule has 2 aromatic carbocycles. The Morgan fingerprint density at radius 1 is 0.903 bits per heavy atom. The fraction of sp³-hybridized carbons (Fsp3) is 0.208. The maximum atomic E-state index is 13.3. The summed E-state index contributed by atoms with van der Waals surface area (Å²) in [4.78, 5) is 36.2. The van der Waals surface area contributed by atoms with Crippen molar-refractivity contribution in [3.05, 3.63) is 78.5 Å². The average Bonchev–Trinajstić information content (AvgIpc) is 2.94. The van der Waals surface area contributed by atoms with E-state index in [9.17, 15) is 9.59 Å². The molecule has 2 aliphatic rings. The number of aromatic nitrogens is 1. The number of hydrogen-bond donors (Lipinski definition) is 0. The molecule has 2 aliphatic heterocycles. The maximum absolute atomic E-state index is 13.3. The second kappa shape index (κ2) is 8.10. The normalized spacial score (nSPS) is 15.6. The van der Waals surface area contributed by atoms with Gasteiger partial charge < -0.3 is 14.5 Å². The highest BCUT2D eigenvalue weighted by Gasteiger charge is 2.32. The number of carbonyl (C=O) groups is 2. The van der Waals surface area contributed by atoms with Crippen molar-refractivity contribution in [2.24, 2.45) is 0 Å². The first kappa shape index (κ1) is 19.1. The number of fused-ring (bicyclic) bond motifs is 2. The summed E-state index contributed by atoms with van der Waals surface area (Å²) in [5.74, 6) is 0.397. The molecular weight excluding hydrogens is 392 g/mol. The Labute approximate surface area is 180 Å². The molecular formula is C24H22N4O3. The van der Waals surface area contributed by atoms with E-state index in [0.29, 0.717) is 30.1 Å². The van der Waals surface area contributed by atoms with Crippen molar-refractivity contribution in [3.63, 3.8) is 0 Å². The van der Waals surface area contributed by atoms with E-state index in [1.807, 2.05) is 35.2 Å². The molecule has 0 atom stereocenters. The molecule has 31 heavy (non-hydrogen) atoms. The van der Waals surface area contributed by atoms with E-state index in [-0.39, 0.29) is 24.2 Å². The first-order chi connectivity index (χ1) is 15.2. The van der Waals surface area contributed by atoms with Crippen molar-refractivity contribution in [1.29, 1.82) is 0 Å². The maximum Gasteiger partial charge on any atom is 0.264 e. The summed E-state index contributed by atoms with van der Waals surface area (Å²) in [5.41, 5.74) is 2.08. The Hall–Kier alpha value is -3.87. The van der Waals surface area contributed by atoms with E-state index in [4.69, 9.17) is 4.74 Å². The summed E-state index contributed by atoms with van der Waals surface area (Å²) in [7, 11) is 0. The van der Waals surface area contributed by atoms with Gasteiger partial charge in [0.05, 0.1) is 5.69 Å². The minimum atomic E-state index is -0.288. The van der Waals surface area contributed by atoms with E-state index < -0.39 is 0 Å². The van der Waals surface area contributed by atoms with E-state index in [0.717, 1.165) is 18.8 Å². The van der Waals surface area contributed by atoms with Crippen LogP contribution in [0.2, 0.25) is 0 Å². The summed E-state index contributed by atoms with van der Waals surface area (Å²) >= 11 is 0. The number of rotatable bonds is 3. The third kappa shape index (κ3) is 3.70. The van der Waals surface area contributed by atoms with Gasteiger partial charge in [-0.2, -0.15) is 0 Å². The van der Waals surface area contributed by atoms with Crippen LogP contribution in [0.1, 0.15) is 10.4 Å². The predicted molar refractivity (Wildman–Crippen MR) is 118 cm³/mol. The molecule has 7 nitrogen and oxygen atoms in total. The fourth-order valence-corrected chi connectivity index (χ4v) is 4.01. The van der Waals surface area contributed by atoms with E-state index in [1.165, 1.54) is 4.90 Å². The van der Waals surface area contributed by atoms with Gasteiger partial charge in [-0.15, -0.1) is 0 Å². The highest BCUT2D eigenvalue weighted by atomic mass is 16.5. The number of carbonyl (C=O) groups excluding carboxylic acids is 2. The fourth-order valence-electron chi connectivity index (χ4n) is 4.01. The minimum Gasteiger partial charge on any atom is -0.436 e. The summed E-state index contributed by atoms with van der Waals surface area (Å²) in [6.07, 6.45) is 1.59. The van der Waals surface area contributed by atoms with Crippen molar-refractivity contribution in [3.8, 4) is 11.6 Å². The second-order valence-electron chi connectivity index (χ2n) is 7.52. The van der Waals surface area contributed by atoms with Crippen molar-refractivity contribution in [2.75, 3.05) is 42.5 Å². The predicted octanol–water partition coefficient (Wildman–Crippen LogP) is 3.18. The van der Waals surface area contributed by atoms with Gasteiger partial charge in [-0.1, -0.05) is 30.3 Å². The molecule has 1 aromatic heterocycles. The molecule has 3 heterocycles. The SMILES string of the molecule is O=C(CN1C(=O)c2cccnc2Oc2ccccc21)N1CCN(c2ccccc2)CC1. The number of pyridine rings is 1. The lowest BCUT2D eigenvalue weighted by atomic mass is 10.2. The number of para-hydroxylation sites is 3.